The van der Waals surface area contributed by atoms with Crippen LogP contribution < -0.4 is 5.73 Å². The molecule has 132 valence electrons. The van der Waals surface area contributed by atoms with E-state index in [1.165, 1.54) is 0 Å². The number of amides is 1. The summed E-state index contributed by atoms with van der Waals surface area (Å²) in [5, 5.41) is 0. The van der Waals surface area contributed by atoms with Crippen molar-refractivity contribution in [2.75, 3.05) is 65.6 Å². The van der Waals surface area contributed by atoms with Gasteiger partial charge in [0.05, 0.1) is 13.2 Å². The fraction of sp³-hybridized carbons (Fsp3) is 0.611. The Hall–Kier alpha value is -1.47. The molecule has 2 aliphatic rings. The number of ether oxygens (including phenoxy) is 1. The van der Waals surface area contributed by atoms with Gasteiger partial charge in [-0.2, -0.15) is 0 Å². The van der Waals surface area contributed by atoms with E-state index in [0.717, 1.165) is 77.7 Å². The number of benzene rings is 1. The van der Waals surface area contributed by atoms with Crippen LogP contribution in [0.4, 0.5) is 0 Å². The van der Waals surface area contributed by atoms with E-state index in [4.69, 9.17) is 10.5 Å². The lowest BCUT2D eigenvalue weighted by Crippen LogP contribution is -2.49. The molecule has 1 aromatic carbocycles. The molecule has 2 N–H and O–H groups in total. The summed E-state index contributed by atoms with van der Waals surface area (Å²) in [6, 6.07) is 7.66. The summed E-state index contributed by atoms with van der Waals surface area (Å²) in [5.41, 5.74) is 7.11. The second-order valence-corrected chi connectivity index (χ2v) is 6.64. The quantitative estimate of drug-likeness (QED) is 0.808. The molecule has 2 heterocycles. The molecule has 0 bridgehead atoms. The Morgan fingerprint density at radius 3 is 2.25 bits per heavy atom. The molecule has 0 saturated carbocycles. The van der Waals surface area contributed by atoms with Crippen LogP contribution in [0.5, 0.6) is 0 Å². The molecule has 2 saturated heterocycles. The van der Waals surface area contributed by atoms with Crippen LogP contribution in [0.3, 0.4) is 0 Å². The molecule has 24 heavy (non-hydrogen) atoms. The summed E-state index contributed by atoms with van der Waals surface area (Å²) in [7, 11) is 0. The van der Waals surface area contributed by atoms with E-state index in [2.05, 4.69) is 20.8 Å². The summed E-state index contributed by atoms with van der Waals surface area (Å²) in [4.78, 5) is 18.8. The third-order valence-electron chi connectivity index (χ3n) is 4.92. The van der Waals surface area contributed by atoms with Crippen LogP contribution in [0, 0.1) is 0 Å². The van der Waals surface area contributed by atoms with Crippen molar-refractivity contribution < 1.29 is 9.53 Å². The molecule has 6 nitrogen and oxygen atoms in total. The smallest absolute Gasteiger partial charge is 0.248 e. The summed E-state index contributed by atoms with van der Waals surface area (Å²) in [6.07, 6.45) is 0. The molecular formula is C18H28N4O2. The fourth-order valence-electron chi connectivity index (χ4n) is 3.36. The molecule has 0 radical (unpaired) electrons. The van der Waals surface area contributed by atoms with Crippen molar-refractivity contribution in [3.05, 3.63) is 35.4 Å². The molecule has 6 heteroatoms. The summed E-state index contributed by atoms with van der Waals surface area (Å²) < 4.78 is 5.39. The van der Waals surface area contributed by atoms with Gasteiger partial charge in [0.1, 0.15) is 0 Å². The zero-order chi connectivity index (χ0) is 16.8. The van der Waals surface area contributed by atoms with E-state index in [9.17, 15) is 4.79 Å². The number of carbonyl (C=O) groups excluding carboxylic acids is 1. The highest BCUT2D eigenvalue weighted by Crippen LogP contribution is 2.11. The van der Waals surface area contributed by atoms with E-state index in [1.54, 1.807) is 6.07 Å². The number of piperazine rings is 1. The van der Waals surface area contributed by atoms with Crippen molar-refractivity contribution in [3.8, 4) is 0 Å². The first-order chi connectivity index (χ1) is 11.7. The monoisotopic (exact) mass is 332 g/mol. The van der Waals surface area contributed by atoms with Crippen LogP contribution in [0.15, 0.2) is 24.3 Å². The predicted octanol–water partition coefficient (Wildman–Crippen LogP) is 0.235. The minimum absolute atomic E-state index is 0.357. The van der Waals surface area contributed by atoms with Gasteiger partial charge in [-0.1, -0.05) is 12.1 Å². The summed E-state index contributed by atoms with van der Waals surface area (Å²) in [6.45, 7) is 11.4. The first kappa shape index (κ1) is 17.4. The van der Waals surface area contributed by atoms with Gasteiger partial charge >= 0.3 is 0 Å². The second-order valence-electron chi connectivity index (χ2n) is 6.64. The van der Waals surface area contributed by atoms with Crippen LogP contribution in [-0.4, -0.2) is 86.2 Å². The topological polar surface area (TPSA) is 62.0 Å². The summed E-state index contributed by atoms with van der Waals surface area (Å²) >= 11 is 0. The molecule has 1 amide bonds. The van der Waals surface area contributed by atoms with E-state index >= 15 is 0 Å². The summed E-state index contributed by atoms with van der Waals surface area (Å²) in [5.74, 6) is -0.357. The molecule has 0 aromatic heterocycles. The molecular weight excluding hydrogens is 304 g/mol. The van der Waals surface area contributed by atoms with Gasteiger partial charge in [-0.05, 0) is 17.7 Å². The number of primary amides is 1. The molecule has 3 rings (SSSR count). The van der Waals surface area contributed by atoms with Gasteiger partial charge in [0.25, 0.3) is 0 Å². The Kier molecular flexibility index (Phi) is 6.20. The van der Waals surface area contributed by atoms with Crippen molar-refractivity contribution in [1.82, 2.24) is 14.7 Å². The van der Waals surface area contributed by atoms with Gasteiger partial charge < -0.3 is 10.5 Å². The van der Waals surface area contributed by atoms with E-state index < -0.39 is 0 Å². The Morgan fingerprint density at radius 2 is 1.58 bits per heavy atom. The van der Waals surface area contributed by atoms with Crippen LogP contribution in [0.2, 0.25) is 0 Å². The fourth-order valence-corrected chi connectivity index (χ4v) is 3.36. The largest absolute Gasteiger partial charge is 0.379 e. The molecule has 2 aliphatic heterocycles. The lowest BCUT2D eigenvalue weighted by molar-refractivity contribution is 0.0296. The Morgan fingerprint density at radius 1 is 0.958 bits per heavy atom. The number of nitrogens with zero attached hydrogens (tertiary/aromatic N) is 3. The molecule has 0 atom stereocenters. The van der Waals surface area contributed by atoms with Crippen molar-refractivity contribution in [2.45, 2.75) is 6.54 Å². The lowest BCUT2D eigenvalue weighted by Gasteiger charge is -2.36. The number of carbonyl (C=O) groups is 1. The lowest BCUT2D eigenvalue weighted by atomic mass is 10.1. The number of hydrogen-bond donors (Lipinski definition) is 1. The second kappa shape index (κ2) is 8.58. The first-order valence-electron chi connectivity index (χ1n) is 8.84. The highest BCUT2D eigenvalue weighted by Gasteiger charge is 2.18. The Balaban J connectivity index is 1.40. The van der Waals surface area contributed by atoms with E-state index in [0.29, 0.717) is 5.56 Å². The van der Waals surface area contributed by atoms with Gasteiger partial charge in [0.15, 0.2) is 0 Å². The van der Waals surface area contributed by atoms with Crippen molar-refractivity contribution in [2.24, 2.45) is 5.73 Å². The third-order valence-corrected chi connectivity index (χ3v) is 4.92. The molecule has 2 fully saturated rings. The predicted molar refractivity (Wildman–Crippen MR) is 93.9 cm³/mol. The maximum absolute atomic E-state index is 11.3. The maximum atomic E-state index is 11.3. The van der Waals surface area contributed by atoms with Crippen molar-refractivity contribution in [3.63, 3.8) is 0 Å². The Bertz CT molecular complexity index is 538. The first-order valence-corrected chi connectivity index (χ1v) is 8.84. The van der Waals surface area contributed by atoms with Crippen LogP contribution >= 0.6 is 0 Å². The molecule has 0 aliphatic carbocycles. The SMILES string of the molecule is NC(=O)c1cccc(CN2CCN(CCN3CCOCC3)CC2)c1. The molecule has 0 spiro atoms. The highest BCUT2D eigenvalue weighted by molar-refractivity contribution is 5.92. The Labute approximate surface area is 144 Å². The average molecular weight is 332 g/mol. The van der Waals surface area contributed by atoms with Crippen LogP contribution in [-0.2, 0) is 11.3 Å². The zero-order valence-corrected chi connectivity index (χ0v) is 14.3. The number of rotatable bonds is 6. The highest BCUT2D eigenvalue weighted by atomic mass is 16.5. The van der Waals surface area contributed by atoms with E-state index in [1.807, 2.05) is 12.1 Å². The van der Waals surface area contributed by atoms with Gasteiger partial charge in [-0.15, -0.1) is 0 Å². The normalized spacial score (nSPS) is 21.0. The molecule has 0 unspecified atom stereocenters. The molecule has 1 aromatic rings. The minimum Gasteiger partial charge on any atom is -0.379 e. The third kappa shape index (κ3) is 5.01. The van der Waals surface area contributed by atoms with Crippen molar-refractivity contribution >= 4 is 5.91 Å². The van der Waals surface area contributed by atoms with Crippen molar-refractivity contribution in [1.29, 1.82) is 0 Å². The number of hydrogen-bond acceptors (Lipinski definition) is 5. The van der Waals surface area contributed by atoms with E-state index in [-0.39, 0.29) is 5.91 Å². The van der Waals surface area contributed by atoms with Gasteiger partial charge in [-0.25, -0.2) is 0 Å². The minimum atomic E-state index is -0.357. The zero-order valence-electron chi connectivity index (χ0n) is 14.3. The van der Waals surface area contributed by atoms with Gasteiger partial charge in [0.2, 0.25) is 5.91 Å². The van der Waals surface area contributed by atoms with Gasteiger partial charge in [-0.3, -0.25) is 19.5 Å². The number of nitrogens with two attached hydrogens (primary N) is 1. The van der Waals surface area contributed by atoms with Crippen LogP contribution in [0.1, 0.15) is 15.9 Å². The standard InChI is InChI=1S/C18H28N4O2/c19-18(23)17-3-1-2-16(14-17)15-22-8-6-20(7-9-22)4-5-21-10-12-24-13-11-21/h1-3,14H,4-13,15H2,(H2,19,23). The average Bonchev–Trinajstić information content (AvgIpc) is 2.62. The number of morpholine rings is 1. The van der Waals surface area contributed by atoms with Crippen LogP contribution in [0.25, 0.3) is 0 Å². The van der Waals surface area contributed by atoms with Gasteiger partial charge in [0, 0.05) is 64.5 Å². The maximum Gasteiger partial charge on any atom is 0.248 e.